The number of rotatable bonds is 4. The molecule has 0 saturated heterocycles. The van der Waals surface area contributed by atoms with Crippen LogP contribution in [0.1, 0.15) is 61.3 Å². The van der Waals surface area contributed by atoms with Crippen LogP contribution in [0, 0.1) is 35.0 Å². The van der Waals surface area contributed by atoms with E-state index in [-0.39, 0.29) is 36.8 Å². The van der Waals surface area contributed by atoms with Crippen LogP contribution in [0.4, 0.5) is 0 Å². The van der Waals surface area contributed by atoms with Gasteiger partial charge in [0.15, 0.2) is 5.78 Å². The first-order chi connectivity index (χ1) is 15.1. The molecular formula is C26H36O7. The summed E-state index contributed by atoms with van der Waals surface area (Å²) >= 11 is 0. The molecular weight excluding hydrogens is 424 g/mol. The standard InChI is InChI=1S/C26H36O7/c1-13(2)22(29)33-25-10-15(4)26(31)18(20(25)23(25,6)7)9-17(12-32-16(5)27)11-24(30)19(26)8-14(3)21(24)28/h8-9,13,15,18-20,30-31H,10-12H2,1-7H3/t15-,18+,19-,20-,24-,25+,26-/m1/s1. The van der Waals surface area contributed by atoms with E-state index in [1.54, 1.807) is 26.8 Å². The molecule has 0 amide bonds. The summed E-state index contributed by atoms with van der Waals surface area (Å²) in [5.74, 6) is -3.28. The molecule has 2 saturated carbocycles. The van der Waals surface area contributed by atoms with Crippen LogP contribution in [0.2, 0.25) is 0 Å². The minimum absolute atomic E-state index is 0.0188. The van der Waals surface area contributed by atoms with Gasteiger partial charge in [0.25, 0.3) is 0 Å². The van der Waals surface area contributed by atoms with Gasteiger partial charge in [-0.3, -0.25) is 14.4 Å². The van der Waals surface area contributed by atoms with E-state index < -0.39 is 45.8 Å². The maximum absolute atomic E-state index is 13.1. The first kappa shape index (κ1) is 24.1. The number of fused-ring (bicyclic) bond motifs is 5. The fraction of sp³-hybridized carbons (Fsp3) is 0.731. The molecule has 4 aliphatic carbocycles. The summed E-state index contributed by atoms with van der Waals surface area (Å²) < 4.78 is 11.4. The smallest absolute Gasteiger partial charge is 0.308 e. The number of aliphatic hydroxyl groups is 2. The van der Waals surface area contributed by atoms with E-state index in [0.29, 0.717) is 17.6 Å². The minimum Gasteiger partial charge on any atom is -0.461 e. The average molecular weight is 461 g/mol. The van der Waals surface area contributed by atoms with Crippen LogP contribution < -0.4 is 0 Å². The molecule has 33 heavy (non-hydrogen) atoms. The lowest BCUT2D eigenvalue weighted by Gasteiger charge is -2.50. The fourth-order valence-corrected chi connectivity index (χ4v) is 7.08. The third-order valence-electron chi connectivity index (χ3n) is 8.89. The highest BCUT2D eigenvalue weighted by Crippen LogP contribution is 2.76. The van der Waals surface area contributed by atoms with E-state index in [4.69, 9.17) is 9.47 Å². The van der Waals surface area contributed by atoms with Crippen LogP contribution in [-0.2, 0) is 23.9 Å². The van der Waals surface area contributed by atoms with Gasteiger partial charge in [0.2, 0.25) is 0 Å². The second-order valence-corrected chi connectivity index (χ2v) is 11.5. The van der Waals surface area contributed by atoms with Gasteiger partial charge >= 0.3 is 11.9 Å². The molecule has 0 spiro atoms. The Balaban J connectivity index is 1.84. The van der Waals surface area contributed by atoms with Crippen molar-refractivity contribution >= 4 is 17.7 Å². The Bertz CT molecular complexity index is 975. The van der Waals surface area contributed by atoms with Crippen LogP contribution >= 0.6 is 0 Å². The van der Waals surface area contributed by atoms with Crippen molar-refractivity contribution < 1.29 is 34.1 Å². The lowest BCUT2D eigenvalue weighted by atomic mass is 9.60. The van der Waals surface area contributed by atoms with E-state index in [2.05, 4.69) is 0 Å². The zero-order valence-electron chi connectivity index (χ0n) is 20.6. The molecule has 4 rings (SSSR count). The molecule has 0 aliphatic heterocycles. The monoisotopic (exact) mass is 460 g/mol. The Morgan fingerprint density at radius 1 is 1.21 bits per heavy atom. The number of hydrogen-bond donors (Lipinski definition) is 2. The van der Waals surface area contributed by atoms with Gasteiger partial charge in [0.05, 0.1) is 11.5 Å². The van der Waals surface area contributed by atoms with Crippen molar-refractivity contribution in [3.63, 3.8) is 0 Å². The highest BCUT2D eigenvalue weighted by molar-refractivity contribution is 6.04. The van der Waals surface area contributed by atoms with Gasteiger partial charge in [0.1, 0.15) is 17.8 Å². The number of ether oxygens (including phenoxy) is 2. The van der Waals surface area contributed by atoms with Crippen molar-refractivity contribution in [2.75, 3.05) is 6.61 Å². The number of carbonyl (C=O) groups excluding carboxylic acids is 3. The Hall–Kier alpha value is -1.99. The minimum atomic E-state index is -1.80. The van der Waals surface area contributed by atoms with E-state index >= 15 is 0 Å². The molecule has 0 radical (unpaired) electrons. The normalized spacial score (nSPS) is 42.9. The molecule has 2 N–H and O–H groups in total. The van der Waals surface area contributed by atoms with E-state index in [1.807, 2.05) is 26.8 Å². The molecule has 4 aliphatic rings. The Labute approximate surface area is 195 Å². The average Bonchev–Trinajstić information content (AvgIpc) is 3.11. The Kier molecular flexibility index (Phi) is 5.31. The van der Waals surface area contributed by atoms with Crippen molar-refractivity contribution in [3.05, 3.63) is 23.3 Å². The molecule has 7 heteroatoms. The van der Waals surface area contributed by atoms with E-state index in [9.17, 15) is 24.6 Å². The van der Waals surface area contributed by atoms with Gasteiger partial charge in [-0.1, -0.05) is 46.8 Å². The van der Waals surface area contributed by atoms with Gasteiger partial charge in [-0.15, -0.1) is 0 Å². The van der Waals surface area contributed by atoms with Crippen LogP contribution in [0.3, 0.4) is 0 Å². The molecule has 0 heterocycles. The quantitative estimate of drug-likeness (QED) is 0.490. The van der Waals surface area contributed by atoms with Gasteiger partial charge in [-0.2, -0.15) is 0 Å². The van der Waals surface area contributed by atoms with Crippen LogP contribution in [-0.4, -0.2) is 51.3 Å². The summed E-state index contributed by atoms with van der Waals surface area (Å²) in [7, 11) is 0. The molecule has 0 aromatic carbocycles. The summed E-state index contributed by atoms with van der Waals surface area (Å²) in [5.41, 5.74) is -3.36. The zero-order chi connectivity index (χ0) is 24.7. The molecule has 0 unspecified atom stereocenters. The molecule has 0 aromatic heterocycles. The second-order valence-electron chi connectivity index (χ2n) is 11.5. The SMILES string of the molecule is CC(=O)OCC1=C[C@H]2[C@@H]3C(C)(C)[C@]3(OC(=O)C(C)C)C[C@@H](C)[C@]2(O)[C@@H]2C=C(C)C(=O)[C@@]2(O)C1. The largest absolute Gasteiger partial charge is 0.461 e. The molecule has 182 valence electrons. The molecule has 0 bridgehead atoms. The second kappa shape index (κ2) is 7.25. The van der Waals surface area contributed by atoms with Crippen LogP contribution in [0.5, 0.6) is 0 Å². The molecule has 7 nitrogen and oxygen atoms in total. The van der Waals surface area contributed by atoms with E-state index in [1.165, 1.54) is 6.92 Å². The molecule has 7 atom stereocenters. The highest BCUT2D eigenvalue weighted by atomic mass is 16.6. The third-order valence-corrected chi connectivity index (χ3v) is 8.89. The first-order valence-corrected chi connectivity index (χ1v) is 11.9. The fourth-order valence-electron chi connectivity index (χ4n) is 7.08. The van der Waals surface area contributed by atoms with Crippen molar-refractivity contribution in [1.29, 1.82) is 0 Å². The van der Waals surface area contributed by atoms with E-state index in [0.717, 1.165) is 0 Å². The molecule has 2 fully saturated rings. The van der Waals surface area contributed by atoms with Crippen molar-refractivity contribution in [2.24, 2.45) is 35.0 Å². The summed E-state index contributed by atoms with van der Waals surface area (Å²) in [4.78, 5) is 37.3. The van der Waals surface area contributed by atoms with Crippen LogP contribution in [0.25, 0.3) is 0 Å². The topological polar surface area (TPSA) is 110 Å². The predicted molar refractivity (Wildman–Crippen MR) is 120 cm³/mol. The summed E-state index contributed by atoms with van der Waals surface area (Å²) in [6.45, 7) is 12.5. The van der Waals surface area contributed by atoms with Gasteiger partial charge in [0, 0.05) is 36.5 Å². The number of ketones is 1. The summed E-state index contributed by atoms with van der Waals surface area (Å²) in [6, 6.07) is 0. The number of esters is 2. The predicted octanol–water partition coefficient (Wildman–Crippen LogP) is 2.74. The van der Waals surface area contributed by atoms with Gasteiger partial charge in [-0.05, 0) is 30.4 Å². The lowest BCUT2D eigenvalue weighted by Crippen LogP contribution is -2.61. The zero-order valence-corrected chi connectivity index (χ0v) is 20.6. The Morgan fingerprint density at radius 2 is 1.85 bits per heavy atom. The summed E-state index contributed by atoms with van der Waals surface area (Å²) in [5, 5.41) is 24.0. The van der Waals surface area contributed by atoms with Crippen molar-refractivity contribution in [1.82, 2.24) is 0 Å². The van der Waals surface area contributed by atoms with Gasteiger partial charge in [-0.25, -0.2) is 0 Å². The van der Waals surface area contributed by atoms with Gasteiger partial charge < -0.3 is 19.7 Å². The highest BCUT2D eigenvalue weighted by Gasteiger charge is 2.83. The maximum atomic E-state index is 13.1. The number of Topliss-reactive ketones (excluding diaryl/α,β-unsaturated/α-hetero) is 1. The van der Waals surface area contributed by atoms with Crippen molar-refractivity contribution in [2.45, 2.75) is 78.1 Å². The summed E-state index contributed by atoms with van der Waals surface area (Å²) in [6.07, 6.45) is 4.01. The third kappa shape index (κ3) is 3.11. The lowest BCUT2D eigenvalue weighted by molar-refractivity contribution is -0.188. The number of hydrogen-bond acceptors (Lipinski definition) is 7. The first-order valence-electron chi connectivity index (χ1n) is 11.9. The maximum Gasteiger partial charge on any atom is 0.308 e. The molecule has 0 aromatic rings. The Morgan fingerprint density at radius 3 is 2.42 bits per heavy atom. The van der Waals surface area contributed by atoms with Crippen LogP contribution in [0.15, 0.2) is 23.3 Å². The number of carbonyl (C=O) groups is 3. The van der Waals surface area contributed by atoms with Crippen molar-refractivity contribution in [3.8, 4) is 0 Å².